The number of halogens is 2. The van der Waals surface area contributed by atoms with Gasteiger partial charge in [-0.3, -0.25) is 0 Å². The maximum Gasteiger partial charge on any atom is 0.333 e. The molecule has 3 nitrogen and oxygen atoms in total. The summed E-state index contributed by atoms with van der Waals surface area (Å²) in [6, 6.07) is 14.3. The molecule has 0 aliphatic rings. The lowest BCUT2D eigenvalue weighted by atomic mass is 9.92. The maximum absolute atomic E-state index is 11.7. The molecule has 1 atom stereocenters. The first-order valence-corrected chi connectivity index (χ1v) is 7.13. The van der Waals surface area contributed by atoms with E-state index in [9.17, 15) is 9.90 Å². The average molecular weight is 355 g/mol. The molecular formula is C15H13BrClNO2. The van der Waals surface area contributed by atoms with Gasteiger partial charge in [-0.05, 0) is 46.6 Å². The van der Waals surface area contributed by atoms with E-state index in [0.29, 0.717) is 20.7 Å². The predicted molar refractivity (Wildman–Crippen MR) is 84.2 cm³/mol. The minimum absolute atomic E-state index is 0.576. The first-order chi connectivity index (χ1) is 9.43. The molecular weight excluding hydrogens is 342 g/mol. The highest BCUT2D eigenvalue weighted by molar-refractivity contribution is 9.10. The lowest BCUT2D eigenvalue weighted by Gasteiger charge is -2.28. The summed E-state index contributed by atoms with van der Waals surface area (Å²) in [6.45, 7) is 1.63. The minimum Gasteiger partial charge on any atom is -0.479 e. The number of carbonyl (C=O) groups is 1. The van der Waals surface area contributed by atoms with Crippen LogP contribution in [-0.4, -0.2) is 11.1 Å². The predicted octanol–water partition coefficient (Wildman–Crippen LogP) is 4.51. The molecule has 2 aromatic rings. The molecule has 0 aliphatic heterocycles. The SMILES string of the molecule is CC(Nc1ccc(Cl)c(Br)c1)(C(=O)O)c1ccccc1. The monoisotopic (exact) mass is 353 g/mol. The lowest BCUT2D eigenvalue weighted by molar-refractivity contribution is -0.142. The molecule has 0 aliphatic carbocycles. The number of carboxylic acids is 1. The summed E-state index contributed by atoms with van der Waals surface area (Å²) in [5.74, 6) is -0.949. The van der Waals surface area contributed by atoms with Crippen molar-refractivity contribution in [2.45, 2.75) is 12.5 Å². The summed E-state index contributed by atoms with van der Waals surface area (Å²) in [4.78, 5) is 11.7. The highest BCUT2D eigenvalue weighted by atomic mass is 79.9. The third-order valence-electron chi connectivity index (χ3n) is 3.09. The van der Waals surface area contributed by atoms with E-state index in [1.54, 1.807) is 37.3 Å². The first-order valence-electron chi connectivity index (χ1n) is 5.95. The van der Waals surface area contributed by atoms with Gasteiger partial charge in [0.15, 0.2) is 5.54 Å². The molecule has 1 unspecified atom stereocenters. The highest BCUT2D eigenvalue weighted by Gasteiger charge is 2.35. The molecule has 0 amide bonds. The van der Waals surface area contributed by atoms with Crippen LogP contribution in [0.15, 0.2) is 53.0 Å². The number of anilines is 1. The van der Waals surface area contributed by atoms with Gasteiger partial charge >= 0.3 is 5.97 Å². The molecule has 0 fully saturated rings. The molecule has 104 valence electrons. The van der Waals surface area contributed by atoms with Crippen LogP contribution < -0.4 is 5.32 Å². The minimum atomic E-state index is -1.21. The van der Waals surface area contributed by atoms with Crippen LogP contribution in [-0.2, 0) is 10.3 Å². The van der Waals surface area contributed by atoms with Crippen molar-refractivity contribution in [1.82, 2.24) is 0 Å². The fraction of sp³-hybridized carbons (Fsp3) is 0.133. The van der Waals surface area contributed by atoms with Gasteiger partial charge in [0.05, 0.1) is 5.02 Å². The quantitative estimate of drug-likeness (QED) is 0.849. The van der Waals surface area contributed by atoms with Crippen molar-refractivity contribution >= 4 is 39.2 Å². The van der Waals surface area contributed by atoms with Crippen LogP contribution in [0.25, 0.3) is 0 Å². The van der Waals surface area contributed by atoms with Crippen molar-refractivity contribution < 1.29 is 9.90 Å². The third kappa shape index (κ3) is 2.97. The van der Waals surface area contributed by atoms with Crippen molar-refractivity contribution in [3.63, 3.8) is 0 Å². The topological polar surface area (TPSA) is 49.3 Å². The summed E-state index contributed by atoms with van der Waals surface area (Å²) in [6.07, 6.45) is 0. The van der Waals surface area contributed by atoms with Gasteiger partial charge in [0.2, 0.25) is 0 Å². The van der Waals surface area contributed by atoms with Crippen LogP contribution in [0.2, 0.25) is 5.02 Å². The number of nitrogens with one attached hydrogen (secondary N) is 1. The molecule has 0 saturated carbocycles. The Morgan fingerprint density at radius 3 is 2.45 bits per heavy atom. The maximum atomic E-state index is 11.7. The average Bonchev–Trinajstić information content (AvgIpc) is 2.43. The van der Waals surface area contributed by atoms with Gasteiger partial charge in [-0.15, -0.1) is 0 Å². The normalized spacial score (nSPS) is 13.6. The number of rotatable bonds is 4. The third-order valence-corrected chi connectivity index (χ3v) is 4.31. The zero-order chi connectivity index (χ0) is 14.8. The van der Waals surface area contributed by atoms with Crippen molar-refractivity contribution in [3.8, 4) is 0 Å². The Kier molecular flexibility index (Phi) is 4.35. The summed E-state index contributed by atoms with van der Waals surface area (Å²) in [5, 5.41) is 13.2. The Hall–Kier alpha value is -1.52. The Balaban J connectivity index is 2.39. The molecule has 0 heterocycles. The van der Waals surface area contributed by atoms with E-state index in [4.69, 9.17) is 11.6 Å². The Morgan fingerprint density at radius 1 is 1.25 bits per heavy atom. The first kappa shape index (κ1) is 14.9. The van der Waals surface area contributed by atoms with Crippen molar-refractivity contribution in [1.29, 1.82) is 0 Å². The van der Waals surface area contributed by atoms with E-state index >= 15 is 0 Å². The standard InChI is InChI=1S/C15H13BrClNO2/c1-15(14(19)20,10-5-3-2-4-6-10)18-11-7-8-13(17)12(16)9-11/h2-9,18H,1H3,(H,19,20). The zero-order valence-electron chi connectivity index (χ0n) is 10.7. The van der Waals surface area contributed by atoms with Crippen LogP contribution in [0, 0.1) is 0 Å². The Morgan fingerprint density at radius 2 is 1.90 bits per heavy atom. The molecule has 0 aromatic heterocycles. The fourth-order valence-corrected chi connectivity index (χ4v) is 2.38. The van der Waals surface area contributed by atoms with E-state index in [-0.39, 0.29) is 0 Å². The summed E-state index contributed by atoms with van der Waals surface area (Å²) in [7, 11) is 0. The molecule has 0 radical (unpaired) electrons. The van der Waals surface area contributed by atoms with Crippen molar-refractivity contribution in [2.75, 3.05) is 5.32 Å². The highest BCUT2D eigenvalue weighted by Crippen LogP contribution is 2.30. The summed E-state index contributed by atoms with van der Waals surface area (Å²) >= 11 is 9.27. The number of hydrogen-bond acceptors (Lipinski definition) is 2. The van der Waals surface area contributed by atoms with E-state index < -0.39 is 11.5 Å². The van der Waals surface area contributed by atoms with Crippen LogP contribution in [0.1, 0.15) is 12.5 Å². The Bertz CT molecular complexity index is 633. The van der Waals surface area contributed by atoms with Crippen LogP contribution in [0.3, 0.4) is 0 Å². The number of aliphatic carboxylic acids is 1. The van der Waals surface area contributed by atoms with Gasteiger partial charge in [0.25, 0.3) is 0 Å². The largest absolute Gasteiger partial charge is 0.479 e. The van der Waals surface area contributed by atoms with Crippen LogP contribution in [0.5, 0.6) is 0 Å². The fourth-order valence-electron chi connectivity index (χ4n) is 1.88. The van der Waals surface area contributed by atoms with E-state index in [2.05, 4.69) is 21.2 Å². The van der Waals surface area contributed by atoms with Gasteiger partial charge in [0, 0.05) is 10.2 Å². The zero-order valence-corrected chi connectivity index (χ0v) is 13.1. The number of carboxylic acid groups (broad SMARTS) is 1. The molecule has 5 heteroatoms. The summed E-state index contributed by atoms with van der Waals surface area (Å²) in [5.41, 5.74) is 0.141. The molecule has 0 bridgehead atoms. The molecule has 20 heavy (non-hydrogen) atoms. The molecule has 0 saturated heterocycles. The van der Waals surface area contributed by atoms with Crippen LogP contribution in [0.4, 0.5) is 5.69 Å². The second-order valence-electron chi connectivity index (χ2n) is 4.55. The van der Waals surface area contributed by atoms with Crippen molar-refractivity contribution in [2.24, 2.45) is 0 Å². The van der Waals surface area contributed by atoms with Gasteiger partial charge in [0.1, 0.15) is 0 Å². The number of benzene rings is 2. The van der Waals surface area contributed by atoms with Crippen molar-refractivity contribution in [3.05, 3.63) is 63.6 Å². The number of hydrogen-bond donors (Lipinski definition) is 2. The van der Waals surface area contributed by atoms with E-state index in [1.807, 2.05) is 18.2 Å². The summed E-state index contributed by atoms with van der Waals surface area (Å²) < 4.78 is 0.713. The molecule has 2 rings (SSSR count). The smallest absolute Gasteiger partial charge is 0.333 e. The Labute approximate surface area is 130 Å². The van der Waals surface area contributed by atoms with E-state index in [0.717, 1.165) is 0 Å². The van der Waals surface area contributed by atoms with Gasteiger partial charge in [-0.1, -0.05) is 41.9 Å². The molecule has 2 aromatic carbocycles. The van der Waals surface area contributed by atoms with Crippen LogP contribution >= 0.6 is 27.5 Å². The second kappa shape index (κ2) is 5.85. The second-order valence-corrected chi connectivity index (χ2v) is 5.81. The molecule has 2 N–H and O–H groups in total. The van der Waals surface area contributed by atoms with Gasteiger partial charge < -0.3 is 10.4 Å². The van der Waals surface area contributed by atoms with Gasteiger partial charge in [-0.2, -0.15) is 0 Å². The lowest BCUT2D eigenvalue weighted by Crippen LogP contribution is -2.40. The van der Waals surface area contributed by atoms with Gasteiger partial charge in [-0.25, -0.2) is 4.79 Å². The van der Waals surface area contributed by atoms with E-state index in [1.165, 1.54) is 0 Å². The molecule has 0 spiro atoms.